The van der Waals surface area contributed by atoms with Gasteiger partial charge in [0.25, 0.3) is 0 Å². The number of halogens is 3. The lowest BCUT2D eigenvalue weighted by Crippen LogP contribution is -2.43. The summed E-state index contributed by atoms with van der Waals surface area (Å²) in [6.45, 7) is 3.97. The van der Waals surface area contributed by atoms with Gasteiger partial charge in [-0.2, -0.15) is 9.97 Å². The van der Waals surface area contributed by atoms with Crippen molar-refractivity contribution in [3.05, 3.63) is 16.7 Å². The Morgan fingerprint density at radius 2 is 1.97 bits per heavy atom. The lowest BCUT2D eigenvalue weighted by atomic mass is 9.96. The number of aromatic nitrogens is 3. The smallest absolute Gasteiger partial charge is 0.319 e. The molecule has 0 amide bonds. The molecule has 2 saturated heterocycles. The summed E-state index contributed by atoms with van der Waals surface area (Å²) in [6, 6.07) is 0.112. The fourth-order valence-corrected chi connectivity index (χ4v) is 5.18. The number of hydrazine groups is 1. The highest BCUT2D eigenvalue weighted by atomic mass is 35.5. The number of hydrogen-bond acceptors (Lipinski definition) is 7. The highest BCUT2D eigenvalue weighted by molar-refractivity contribution is 6.30. The number of alkyl halides is 1. The van der Waals surface area contributed by atoms with Gasteiger partial charge in [-0.25, -0.2) is 18.8 Å². The van der Waals surface area contributed by atoms with Crippen LogP contribution in [0.2, 0.25) is 5.15 Å². The van der Waals surface area contributed by atoms with E-state index in [2.05, 4.69) is 25.3 Å². The normalized spacial score (nSPS) is 24.9. The van der Waals surface area contributed by atoms with Crippen molar-refractivity contribution >= 4 is 28.3 Å². The topological polar surface area (TPSA) is 66.4 Å². The Kier molecular flexibility index (Phi) is 6.57. The number of nitrogens with one attached hydrogen (secondary N) is 1. The van der Waals surface area contributed by atoms with Crippen molar-refractivity contribution in [1.82, 2.24) is 25.3 Å². The molecule has 2 aromatic heterocycles. The second-order valence-electron chi connectivity index (χ2n) is 8.96. The summed E-state index contributed by atoms with van der Waals surface area (Å²) < 4.78 is 35.1. The largest absolute Gasteiger partial charge is 0.463 e. The molecule has 5 rings (SSSR count). The van der Waals surface area contributed by atoms with Crippen molar-refractivity contribution in [2.45, 2.75) is 51.1 Å². The highest BCUT2D eigenvalue weighted by Gasteiger charge is 2.30. The van der Waals surface area contributed by atoms with Gasteiger partial charge < -0.3 is 10.1 Å². The van der Waals surface area contributed by atoms with Crippen molar-refractivity contribution in [2.24, 2.45) is 5.92 Å². The molecule has 0 saturated carbocycles. The number of nitrogens with zero attached hydrogens (tertiary/aromatic N) is 5. The molecule has 1 N–H and O–H groups in total. The van der Waals surface area contributed by atoms with Crippen molar-refractivity contribution < 1.29 is 13.5 Å². The van der Waals surface area contributed by atoms with Gasteiger partial charge in [-0.05, 0) is 44.6 Å². The maximum absolute atomic E-state index is 15.1. The molecule has 32 heavy (non-hydrogen) atoms. The maximum Gasteiger partial charge on any atom is 0.319 e. The number of anilines is 1. The third-order valence-corrected chi connectivity index (χ3v) is 6.88. The summed E-state index contributed by atoms with van der Waals surface area (Å²) in [4.78, 5) is 13.4. The van der Waals surface area contributed by atoms with Crippen LogP contribution in [0.3, 0.4) is 0 Å². The Morgan fingerprint density at radius 1 is 1.09 bits per heavy atom. The van der Waals surface area contributed by atoms with Crippen LogP contribution in [0.25, 0.3) is 10.9 Å². The summed E-state index contributed by atoms with van der Waals surface area (Å²) in [7, 11) is 0. The van der Waals surface area contributed by atoms with E-state index in [0.717, 1.165) is 58.3 Å². The molecule has 2 fully saturated rings. The SMILES string of the molecule is Fc1c(Cl)nc2c3c(nc(OC[C@@H]4CCCNC[C@H](F)C4)nc13)N1CCCCCN1CC2. The predicted molar refractivity (Wildman–Crippen MR) is 119 cm³/mol. The fraction of sp³-hybridized carbons (Fsp3) is 0.682. The van der Waals surface area contributed by atoms with E-state index in [-0.39, 0.29) is 22.6 Å². The molecular weight excluding hydrogens is 438 g/mol. The molecule has 7 nitrogen and oxygen atoms in total. The number of rotatable bonds is 3. The van der Waals surface area contributed by atoms with Gasteiger partial charge in [0.2, 0.25) is 0 Å². The monoisotopic (exact) mass is 466 g/mol. The van der Waals surface area contributed by atoms with Crippen molar-refractivity contribution in [2.75, 3.05) is 44.3 Å². The number of pyridine rings is 1. The molecule has 2 atom stereocenters. The molecule has 5 heterocycles. The van der Waals surface area contributed by atoms with Gasteiger partial charge in [-0.3, -0.25) is 5.01 Å². The van der Waals surface area contributed by atoms with E-state index in [1.807, 2.05) is 0 Å². The van der Waals surface area contributed by atoms with Crippen LogP contribution in [0.1, 0.15) is 44.2 Å². The molecule has 0 radical (unpaired) electrons. The Labute approximate surface area is 191 Å². The average Bonchev–Trinajstić information content (AvgIpc) is 3.08. The van der Waals surface area contributed by atoms with E-state index in [0.29, 0.717) is 42.9 Å². The minimum Gasteiger partial charge on any atom is -0.463 e. The molecule has 0 aliphatic carbocycles. The van der Waals surface area contributed by atoms with Gasteiger partial charge in [-0.15, -0.1) is 0 Å². The van der Waals surface area contributed by atoms with Gasteiger partial charge in [0, 0.05) is 32.6 Å². The Balaban J connectivity index is 1.50. The van der Waals surface area contributed by atoms with Crippen LogP contribution in [-0.2, 0) is 6.42 Å². The summed E-state index contributed by atoms with van der Waals surface area (Å²) in [5, 5.41) is 7.95. The summed E-state index contributed by atoms with van der Waals surface area (Å²) in [5.41, 5.74) is 0.866. The summed E-state index contributed by atoms with van der Waals surface area (Å²) in [6.07, 6.45) is 5.29. The first kappa shape index (κ1) is 22.0. The molecule has 3 aliphatic rings. The molecule has 0 aromatic carbocycles. The van der Waals surface area contributed by atoms with Crippen LogP contribution in [-0.4, -0.2) is 65.5 Å². The van der Waals surface area contributed by atoms with E-state index in [4.69, 9.17) is 21.3 Å². The molecule has 0 bridgehead atoms. The van der Waals surface area contributed by atoms with Gasteiger partial charge in [0.15, 0.2) is 16.8 Å². The Bertz CT molecular complexity index is 979. The highest BCUT2D eigenvalue weighted by Crippen LogP contribution is 2.36. The Morgan fingerprint density at radius 3 is 2.88 bits per heavy atom. The van der Waals surface area contributed by atoms with Gasteiger partial charge >= 0.3 is 6.01 Å². The molecule has 10 heteroatoms. The van der Waals surface area contributed by atoms with Crippen LogP contribution in [0.15, 0.2) is 0 Å². The van der Waals surface area contributed by atoms with E-state index >= 15 is 4.39 Å². The van der Waals surface area contributed by atoms with E-state index in [1.54, 1.807) is 0 Å². The minimum atomic E-state index is -0.901. The quantitative estimate of drug-likeness (QED) is 0.692. The number of fused-ring (bicyclic) bond motifs is 2. The number of ether oxygens (including phenoxy) is 1. The molecule has 0 spiro atoms. The van der Waals surface area contributed by atoms with Gasteiger partial charge in [-0.1, -0.05) is 18.0 Å². The lowest BCUT2D eigenvalue weighted by molar-refractivity contribution is 0.166. The van der Waals surface area contributed by atoms with E-state index < -0.39 is 12.0 Å². The lowest BCUT2D eigenvalue weighted by Gasteiger charge is -2.33. The first-order valence-corrected chi connectivity index (χ1v) is 12.0. The zero-order chi connectivity index (χ0) is 22.1. The van der Waals surface area contributed by atoms with Crippen LogP contribution < -0.4 is 15.1 Å². The van der Waals surface area contributed by atoms with Crippen LogP contribution in [0.5, 0.6) is 6.01 Å². The van der Waals surface area contributed by atoms with Crippen LogP contribution >= 0.6 is 11.6 Å². The van der Waals surface area contributed by atoms with E-state index in [9.17, 15) is 4.39 Å². The van der Waals surface area contributed by atoms with Crippen LogP contribution in [0, 0.1) is 11.7 Å². The fourth-order valence-electron chi connectivity index (χ4n) is 4.99. The van der Waals surface area contributed by atoms with Gasteiger partial charge in [0.05, 0.1) is 17.7 Å². The molecular formula is C22H29ClF2N6O. The minimum absolute atomic E-state index is 0.0710. The zero-order valence-electron chi connectivity index (χ0n) is 18.1. The molecule has 174 valence electrons. The zero-order valence-corrected chi connectivity index (χ0v) is 18.9. The molecule has 3 aliphatic heterocycles. The standard InChI is InChI=1S/C22H29ClF2N6O/c23-20-18(25)19-17-16(27-20)6-10-30-8-2-1-3-9-31(30)21(17)29-22(28-19)32-13-14-5-4-7-26-12-15(24)11-14/h14-15,26H,1-13H2/t14-,15-/m1/s1. The average molecular weight is 467 g/mol. The van der Waals surface area contributed by atoms with Crippen molar-refractivity contribution in [1.29, 1.82) is 0 Å². The molecule has 2 aromatic rings. The Hall–Kier alpha value is -1.84. The summed E-state index contributed by atoms with van der Waals surface area (Å²) >= 11 is 6.12. The first-order chi connectivity index (χ1) is 15.6. The third-order valence-electron chi connectivity index (χ3n) is 6.63. The predicted octanol–water partition coefficient (Wildman–Crippen LogP) is 3.69. The van der Waals surface area contributed by atoms with Crippen molar-refractivity contribution in [3.63, 3.8) is 0 Å². The third kappa shape index (κ3) is 4.47. The second-order valence-corrected chi connectivity index (χ2v) is 9.32. The van der Waals surface area contributed by atoms with Gasteiger partial charge in [0.1, 0.15) is 11.7 Å². The number of hydrogen-bond donors (Lipinski definition) is 1. The van der Waals surface area contributed by atoms with Crippen LogP contribution in [0.4, 0.5) is 14.6 Å². The second kappa shape index (κ2) is 9.57. The van der Waals surface area contributed by atoms with Crippen molar-refractivity contribution in [3.8, 4) is 6.01 Å². The summed E-state index contributed by atoms with van der Waals surface area (Å²) in [5.74, 6) is 0.0531. The maximum atomic E-state index is 15.1. The first-order valence-electron chi connectivity index (χ1n) is 11.7. The van der Waals surface area contributed by atoms with E-state index in [1.165, 1.54) is 0 Å². The molecule has 0 unspecified atom stereocenters.